The molecule has 1 rings (SSSR count). The van der Waals surface area contributed by atoms with Gasteiger partial charge in [-0.3, -0.25) is 9.59 Å². The highest BCUT2D eigenvalue weighted by Crippen LogP contribution is 2.28. The molecular weight excluding hydrogens is 248 g/mol. The van der Waals surface area contributed by atoms with E-state index in [-0.39, 0.29) is 30.8 Å². The Morgan fingerprint density at radius 3 is 2.41 bits per heavy atom. The van der Waals surface area contributed by atoms with Crippen LogP contribution in [0.2, 0.25) is 0 Å². The number of ether oxygens (including phenoxy) is 1. The van der Waals surface area contributed by atoms with Gasteiger partial charge in [0, 0.05) is 6.42 Å². The zero-order chi connectivity index (χ0) is 13.1. The van der Waals surface area contributed by atoms with Crippen molar-refractivity contribution in [3.8, 4) is 0 Å². The molecular formula is C10H16O6S. The molecule has 0 radical (unpaired) electrons. The molecule has 1 aliphatic rings. The van der Waals surface area contributed by atoms with E-state index in [4.69, 9.17) is 5.11 Å². The first kappa shape index (κ1) is 14.0. The highest BCUT2D eigenvalue weighted by atomic mass is 32.2. The molecule has 0 aromatic heterocycles. The molecule has 7 heteroatoms. The van der Waals surface area contributed by atoms with Crippen molar-refractivity contribution in [1.29, 1.82) is 0 Å². The minimum atomic E-state index is -3.18. The average Bonchev–Trinajstić information content (AvgIpc) is 2.38. The van der Waals surface area contributed by atoms with E-state index >= 15 is 0 Å². The fourth-order valence-corrected chi connectivity index (χ4v) is 3.52. The van der Waals surface area contributed by atoms with E-state index in [0.29, 0.717) is 0 Å². The Balaban J connectivity index is 2.82. The Labute approximate surface area is 99.9 Å². The van der Waals surface area contributed by atoms with Gasteiger partial charge in [0.1, 0.15) is 9.84 Å². The molecule has 0 unspecified atom stereocenters. The minimum absolute atomic E-state index is 0.0387. The first-order chi connectivity index (χ1) is 7.85. The Morgan fingerprint density at radius 2 is 1.88 bits per heavy atom. The molecule has 1 heterocycles. The summed E-state index contributed by atoms with van der Waals surface area (Å²) in [6, 6.07) is 0. The number of hydrogen-bond acceptors (Lipinski definition) is 5. The molecule has 0 bridgehead atoms. The zero-order valence-electron chi connectivity index (χ0n) is 9.59. The number of sulfone groups is 1. The van der Waals surface area contributed by atoms with Crippen molar-refractivity contribution in [3.05, 3.63) is 0 Å². The Kier molecular flexibility index (Phi) is 4.50. The van der Waals surface area contributed by atoms with Gasteiger partial charge in [0.15, 0.2) is 0 Å². The number of rotatable bonds is 3. The van der Waals surface area contributed by atoms with Crippen LogP contribution in [-0.2, 0) is 24.2 Å². The molecule has 0 aliphatic carbocycles. The Bertz CT molecular complexity index is 399. The van der Waals surface area contributed by atoms with E-state index < -0.39 is 33.6 Å². The van der Waals surface area contributed by atoms with E-state index in [9.17, 15) is 18.0 Å². The van der Waals surface area contributed by atoms with Crippen LogP contribution in [0.1, 0.15) is 19.3 Å². The van der Waals surface area contributed by atoms with Gasteiger partial charge in [-0.15, -0.1) is 0 Å². The fraction of sp³-hybridized carbons (Fsp3) is 0.800. The normalized spacial score (nSPS) is 28.1. The topological polar surface area (TPSA) is 97.7 Å². The van der Waals surface area contributed by atoms with Crippen LogP contribution in [0, 0.1) is 11.8 Å². The summed E-state index contributed by atoms with van der Waals surface area (Å²) in [6.45, 7) is 0. The van der Waals surface area contributed by atoms with Gasteiger partial charge >= 0.3 is 11.9 Å². The quantitative estimate of drug-likeness (QED) is 0.725. The molecule has 6 nitrogen and oxygen atoms in total. The third kappa shape index (κ3) is 3.99. The second-order valence-electron chi connectivity index (χ2n) is 4.21. The summed E-state index contributed by atoms with van der Waals surface area (Å²) in [5.41, 5.74) is 0. The van der Waals surface area contributed by atoms with Gasteiger partial charge < -0.3 is 9.84 Å². The fourth-order valence-electron chi connectivity index (χ4n) is 2.04. The molecule has 0 amide bonds. The van der Waals surface area contributed by atoms with Gasteiger partial charge in [0.05, 0.1) is 24.5 Å². The van der Waals surface area contributed by atoms with Crippen molar-refractivity contribution < 1.29 is 27.9 Å². The monoisotopic (exact) mass is 264 g/mol. The summed E-state index contributed by atoms with van der Waals surface area (Å²) in [5.74, 6) is -2.97. The van der Waals surface area contributed by atoms with Crippen LogP contribution < -0.4 is 0 Å². The molecule has 0 aromatic carbocycles. The van der Waals surface area contributed by atoms with Crippen molar-refractivity contribution in [3.63, 3.8) is 0 Å². The lowest BCUT2D eigenvalue weighted by Gasteiger charge is -2.19. The van der Waals surface area contributed by atoms with Crippen LogP contribution in [-0.4, -0.2) is 44.1 Å². The highest BCUT2D eigenvalue weighted by Gasteiger charge is 2.35. The molecule has 17 heavy (non-hydrogen) atoms. The van der Waals surface area contributed by atoms with Crippen molar-refractivity contribution in [2.45, 2.75) is 19.3 Å². The van der Waals surface area contributed by atoms with E-state index in [1.54, 1.807) is 0 Å². The minimum Gasteiger partial charge on any atom is -0.481 e. The number of esters is 1. The second kappa shape index (κ2) is 5.48. The maximum Gasteiger partial charge on any atom is 0.306 e. The summed E-state index contributed by atoms with van der Waals surface area (Å²) < 4.78 is 27.4. The number of carboxylic acid groups (broad SMARTS) is 1. The lowest BCUT2D eigenvalue weighted by atomic mass is 9.85. The molecule has 1 fully saturated rings. The molecule has 2 atom stereocenters. The van der Waals surface area contributed by atoms with Gasteiger partial charge in [-0.1, -0.05) is 0 Å². The number of carbonyl (C=O) groups is 2. The SMILES string of the molecule is COC(=O)C[C@@H]1CCS(=O)(=O)CC[C@H]1C(=O)O. The van der Waals surface area contributed by atoms with Gasteiger partial charge in [0.25, 0.3) is 0 Å². The average molecular weight is 264 g/mol. The van der Waals surface area contributed by atoms with Crippen LogP contribution in [0.4, 0.5) is 0 Å². The molecule has 1 saturated heterocycles. The lowest BCUT2D eigenvalue weighted by Crippen LogP contribution is -2.26. The number of aliphatic carboxylic acids is 1. The van der Waals surface area contributed by atoms with E-state index in [1.165, 1.54) is 7.11 Å². The summed E-state index contributed by atoms with van der Waals surface area (Å²) in [4.78, 5) is 22.2. The molecule has 98 valence electrons. The van der Waals surface area contributed by atoms with Crippen molar-refractivity contribution in [2.24, 2.45) is 11.8 Å². The maximum atomic E-state index is 11.4. The highest BCUT2D eigenvalue weighted by molar-refractivity contribution is 7.91. The number of hydrogen-bond donors (Lipinski definition) is 1. The first-order valence-electron chi connectivity index (χ1n) is 5.36. The van der Waals surface area contributed by atoms with Gasteiger partial charge in [0.2, 0.25) is 0 Å². The van der Waals surface area contributed by atoms with E-state index in [2.05, 4.69) is 4.74 Å². The summed E-state index contributed by atoms with van der Waals surface area (Å²) in [6.07, 6.45) is 0.233. The molecule has 0 spiro atoms. The number of carbonyl (C=O) groups excluding carboxylic acids is 1. The van der Waals surface area contributed by atoms with Gasteiger partial charge in [-0.05, 0) is 18.8 Å². The van der Waals surface area contributed by atoms with Crippen LogP contribution in [0.3, 0.4) is 0 Å². The molecule has 0 saturated carbocycles. The number of carboxylic acids is 1. The molecule has 1 aliphatic heterocycles. The van der Waals surface area contributed by atoms with Crippen molar-refractivity contribution in [2.75, 3.05) is 18.6 Å². The van der Waals surface area contributed by atoms with Crippen LogP contribution in [0.25, 0.3) is 0 Å². The van der Waals surface area contributed by atoms with Crippen molar-refractivity contribution in [1.82, 2.24) is 0 Å². The van der Waals surface area contributed by atoms with Gasteiger partial charge in [-0.25, -0.2) is 8.42 Å². The Morgan fingerprint density at radius 1 is 1.29 bits per heavy atom. The first-order valence-corrected chi connectivity index (χ1v) is 7.18. The van der Waals surface area contributed by atoms with Crippen molar-refractivity contribution >= 4 is 21.8 Å². The predicted octanol–water partition coefficient (Wildman–Crippen LogP) is 0.0751. The lowest BCUT2D eigenvalue weighted by molar-refractivity contribution is -0.146. The third-order valence-electron chi connectivity index (χ3n) is 3.08. The summed E-state index contributed by atoms with van der Waals surface area (Å²) in [7, 11) is -1.95. The predicted molar refractivity (Wildman–Crippen MR) is 59.1 cm³/mol. The Hall–Kier alpha value is -1.11. The van der Waals surface area contributed by atoms with Gasteiger partial charge in [-0.2, -0.15) is 0 Å². The van der Waals surface area contributed by atoms with E-state index in [1.807, 2.05) is 0 Å². The number of methoxy groups -OCH3 is 1. The maximum absolute atomic E-state index is 11.4. The smallest absolute Gasteiger partial charge is 0.306 e. The largest absolute Gasteiger partial charge is 0.481 e. The zero-order valence-corrected chi connectivity index (χ0v) is 10.4. The summed E-state index contributed by atoms with van der Waals surface area (Å²) in [5, 5.41) is 9.04. The van der Waals surface area contributed by atoms with Crippen LogP contribution >= 0.6 is 0 Å². The summed E-state index contributed by atoms with van der Waals surface area (Å²) >= 11 is 0. The molecule has 1 N–H and O–H groups in total. The standard InChI is InChI=1S/C10H16O6S/c1-16-9(11)6-7-2-4-17(14,15)5-3-8(7)10(12)13/h7-8H,2-6H2,1H3,(H,12,13)/t7-,8+/m0/s1. The third-order valence-corrected chi connectivity index (χ3v) is 4.80. The van der Waals surface area contributed by atoms with Crippen LogP contribution in [0.15, 0.2) is 0 Å². The molecule has 0 aromatic rings. The van der Waals surface area contributed by atoms with E-state index in [0.717, 1.165) is 0 Å². The second-order valence-corrected chi connectivity index (χ2v) is 6.52. The van der Waals surface area contributed by atoms with Crippen LogP contribution in [0.5, 0.6) is 0 Å².